The lowest BCUT2D eigenvalue weighted by Gasteiger charge is -2.26. The van der Waals surface area contributed by atoms with E-state index in [0.29, 0.717) is 11.5 Å². The Kier molecular flexibility index (Phi) is 2.64. The first-order chi connectivity index (χ1) is 6.55. The van der Waals surface area contributed by atoms with E-state index in [1.165, 1.54) is 9.75 Å². The molecule has 2 rings (SSSR count). The summed E-state index contributed by atoms with van der Waals surface area (Å²) in [5.41, 5.74) is 0. The van der Waals surface area contributed by atoms with Crippen molar-refractivity contribution < 1.29 is 8.42 Å². The molecule has 0 aromatic carbocycles. The van der Waals surface area contributed by atoms with Gasteiger partial charge in [-0.25, -0.2) is 8.42 Å². The molecular formula is C9H13NO2S2. The van der Waals surface area contributed by atoms with Crippen LogP contribution < -0.4 is 5.32 Å². The molecule has 0 bridgehead atoms. The van der Waals surface area contributed by atoms with E-state index in [4.69, 9.17) is 0 Å². The lowest BCUT2D eigenvalue weighted by Crippen LogP contribution is -2.50. The molecule has 1 saturated heterocycles. The summed E-state index contributed by atoms with van der Waals surface area (Å²) >= 11 is 1.75. The zero-order valence-corrected chi connectivity index (χ0v) is 9.62. The van der Waals surface area contributed by atoms with Crippen LogP contribution in [-0.4, -0.2) is 26.0 Å². The highest BCUT2D eigenvalue weighted by Crippen LogP contribution is 2.16. The van der Waals surface area contributed by atoms with Crippen LogP contribution in [0, 0.1) is 6.92 Å². The average molecular weight is 231 g/mol. The molecule has 0 spiro atoms. The molecule has 0 unspecified atom stereocenters. The van der Waals surface area contributed by atoms with Gasteiger partial charge in [0.2, 0.25) is 0 Å². The van der Waals surface area contributed by atoms with E-state index in [1.807, 2.05) is 0 Å². The number of rotatable bonds is 3. The highest BCUT2D eigenvalue weighted by molar-refractivity contribution is 7.92. The second kappa shape index (κ2) is 3.64. The van der Waals surface area contributed by atoms with Gasteiger partial charge >= 0.3 is 0 Å². The molecule has 78 valence electrons. The number of thiophene rings is 1. The fourth-order valence-corrected chi connectivity index (χ4v) is 3.71. The van der Waals surface area contributed by atoms with E-state index in [1.54, 1.807) is 11.3 Å². The van der Waals surface area contributed by atoms with Gasteiger partial charge in [-0.2, -0.15) is 0 Å². The monoisotopic (exact) mass is 231 g/mol. The van der Waals surface area contributed by atoms with Gasteiger partial charge in [-0.1, -0.05) is 0 Å². The van der Waals surface area contributed by atoms with Crippen LogP contribution in [0.3, 0.4) is 0 Å². The maximum Gasteiger partial charge on any atom is 0.153 e. The highest BCUT2D eigenvalue weighted by atomic mass is 32.2. The minimum Gasteiger partial charge on any atom is -0.307 e. The van der Waals surface area contributed by atoms with Crippen molar-refractivity contribution in [3.05, 3.63) is 21.9 Å². The third-order valence-electron chi connectivity index (χ3n) is 2.27. The highest BCUT2D eigenvalue weighted by Gasteiger charge is 2.32. The van der Waals surface area contributed by atoms with Crippen LogP contribution in [0.15, 0.2) is 12.1 Å². The van der Waals surface area contributed by atoms with Crippen LogP contribution in [0.1, 0.15) is 9.75 Å². The Bertz CT molecular complexity index is 410. The second-order valence-corrected chi connectivity index (χ2v) is 7.19. The van der Waals surface area contributed by atoms with E-state index in [9.17, 15) is 8.42 Å². The summed E-state index contributed by atoms with van der Waals surface area (Å²) < 4.78 is 21.8. The molecule has 2 heterocycles. The van der Waals surface area contributed by atoms with Gasteiger partial charge in [0.15, 0.2) is 9.84 Å². The van der Waals surface area contributed by atoms with E-state index in [0.717, 1.165) is 6.54 Å². The minimum absolute atomic E-state index is 0.169. The molecular weight excluding hydrogens is 218 g/mol. The van der Waals surface area contributed by atoms with Crippen molar-refractivity contribution in [2.45, 2.75) is 19.5 Å². The molecule has 1 fully saturated rings. The number of sulfone groups is 1. The fourth-order valence-electron chi connectivity index (χ4n) is 1.51. The van der Waals surface area contributed by atoms with Crippen molar-refractivity contribution in [1.29, 1.82) is 0 Å². The number of hydrogen-bond acceptors (Lipinski definition) is 4. The van der Waals surface area contributed by atoms with Crippen LogP contribution >= 0.6 is 11.3 Å². The third kappa shape index (κ3) is 2.34. The Hall–Kier alpha value is -0.390. The summed E-state index contributed by atoms with van der Waals surface area (Å²) in [6, 6.07) is 4.33. The Morgan fingerprint density at radius 2 is 2.21 bits per heavy atom. The smallest absolute Gasteiger partial charge is 0.153 e. The molecule has 0 amide bonds. The summed E-state index contributed by atoms with van der Waals surface area (Å²) in [7, 11) is -2.69. The molecule has 0 atom stereocenters. The van der Waals surface area contributed by atoms with E-state index in [2.05, 4.69) is 24.4 Å². The summed E-state index contributed by atoms with van der Waals surface area (Å²) in [4.78, 5) is 2.56. The molecule has 1 N–H and O–H groups in total. The van der Waals surface area contributed by atoms with Crippen LogP contribution in [0.4, 0.5) is 0 Å². The lowest BCUT2D eigenvalue weighted by atomic mass is 10.3. The average Bonchev–Trinajstić information content (AvgIpc) is 2.44. The first kappa shape index (κ1) is 10.1. The Morgan fingerprint density at radius 1 is 1.50 bits per heavy atom. The number of aryl methyl sites for hydroxylation is 1. The van der Waals surface area contributed by atoms with Gasteiger partial charge < -0.3 is 5.32 Å². The molecule has 3 nitrogen and oxygen atoms in total. The van der Waals surface area contributed by atoms with Crippen LogP contribution in [0.5, 0.6) is 0 Å². The molecule has 1 aliphatic rings. The standard InChI is InChI=1S/C9H13NO2S2/c1-7-2-3-9(13-7)4-10-8-5-14(11,12)6-8/h2-3,8,10H,4-6H2,1H3. The van der Waals surface area contributed by atoms with Crippen LogP contribution in [0.2, 0.25) is 0 Å². The predicted octanol–water partition coefficient (Wildman–Crippen LogP) is 0.943. The minimum atomic E-state index is -2.69. The van der Waals surface area contributed by atoms with Gasteiger partial charge in [0.25, 0.3) is 0 Å². The summed E-state index contributed by atoms with van der Waals surface area (Å²) in [5, 5.41) is 3.24. The van der Waals surface area contributed by atoms with Gasteiger partial charge in [-0.15, -0.1) is 11.3 Å². The zero-order valence-electron chi connectivity index (χ0n) is 7.99. The van der Waals surface area contributed by atoms with Crippen molar-refractivity contribution in [2.75, 3.05) is 11.5 Å². The molecule has 0 saturated carbocycles. The summed E-state index contributed by atoms with van der Waals surface area (Å²) in [5.74, 6) is 0.606. The quantitative estimate of drug-likeness (QED) is 0.842. The first-order valence-corrected chi connectivity index (χ1v) is 7.18. The van der Waals surface area contributed by atoms with Crippen LogP contribution in [-0.2, 0) is 16.4 Å². The zero-order chi connectivity index (χ0) is 10.2. The Morgan fingerprint density at radius 3 is 2.71 bits per heavy atom. The molecule has 0 radical (unpaired) electrons. The van der Waals surface area contributed by atoms with Gasteiger partial charge in [-0.05, 0) is 19.1 Å². The van der Waals surface area contributed by atoms with Crippen molar-refractivity contribution in [3.8, 4) is 0 Å². The molecule has 5 heteroatoms. The van der Waals surface area contributed by atoms with E-state index >= 15 is 0 Å². The predicted molar refractivity (Wildman–Crippen MR) is 58.3 cm³/mol. The maximum absolute atomic E-state index is 10.9. The Balaban J connectivity index is 1.79. The van der Waals surface area contributed by atoms with Crippen LogP contribution in [0.25, 0.3) is 0 Å². The summed E-state index contributed by atoms with van der Waals surface area (Å²) in [6.07, 6.45) is 0. The van der Waals surface area contributed by atoms with Crippen molar-refractivity contribution in [3.63, 3.8) is 0 Å². The van der Waals surface area contributed by atoms with Gasteiger partial charge in [-0.3, -0.25) is 0 Å². The van der Waals surface area contributed by atoms with Gasteiger partial charge in [0, 0.05) is 22.3 Å². The topological polar surface area (TPSA) is 46.2 Å². The largest absolute Gasteiger partial charge is 0.307 e. The molecule has 1 aromatic rings. The maximum atomic E-state index is 10.9. The number of hydrogen-bond donors (Lipinski definition) is 1. The van der Waals surface area contributed by atoms with Gasteiger partial charge in [0.05, 0.1) is 11.5 Å². The second-order valence-electron chi connectivity index (χ2n) is 3.67. The Labute approximate surface area is 88.1 Å². The van der Waals surface area contributed by atoms with Gasteiger partial charge in [0.1, 0.15) is 0 Å². The van der Waals surface area contributed by atoms with Crippen molar-refractivity contribution in [1.82, 2.24) is 5.32 Å². The first-order valence-electron chi connectivity index (χ1n) is 4.54. The third-order valence-corrected chi connectivity index (χ3v) is 5.09. The van der Waals surface area contributed by atoms with E-state index in [-0.39, 0.29) is 6.04 Å². The summed E-state index contributed by atoms with van der Waals surface area (Å²) in [6.45, 7) is 2.86. The van der Waals surface area contributed by atoms with Crippen molar-refractivity contribution in [2.24, 2.45) is 0 Å². The molecule has 1 aromatic heterocycles. The molecule has 14 heavy (non-hydrogen) atoms. The molecule has 1 aliphatic heterocycles. The normalized spacial score (nSPS) is 20.6. The fraction of sp³-hybridized carbons (Fsp3) is 0.556. The molecule has 0 aliphatic carbocycles. The van der Waals surface area contributed by atoms with Crippen molar-refractivity contribution >= 4 is 21.2 Å². The SMILES string of the molecule is Cc1ccc(CNC2CS(=O)(=O)C2)s1. The number of nitrogens with one attached hydrogen (secondary N) is 1. The van der Waals surface area contributed by atoms with E-state index < -0.39 is 9.84 Å². The lowest BCUT2D eigenvalue weighted by molar-refractivity contribution is 0.513.